The Labute approximate surface area is 251 Å². The third-order valence-electron chi connectivity index (χ3n) is 6.42. The number of ketones is 1. The summed E-state index contributed by atoms with van der Waals surface area (Å²) in [5, 5.41) is 5.89. The van der Waals surface area contributed by atoms with Crippen molar-refractivity contribution in [3.05, 3.63) is 72.4 Å². The predicted molar refractivity (Wildman–Crippen MR) is 167 cm³/mol. The molecule has 10 nitrogen and oxygen atoms in total. The molecular formula is C32H36N4O6S. The number of ether oxygens (including phenoxy) is 2. The number of carbonyl (C=O) groups excluding carboxylic acids is 2. The van der Waals surface area contributed by atoms with Crippen LogP contribution < -0.4 is 20.1 Å². The van der Waals surface area contributed by atoms with E-state index in [0.717, 1.165) is 0 Å². The number of methoxy groups -OCH3 is 2. The lowest BCUT2D eigenvalue weighted by Crippen LogP contribution is -2.17. The molecule has 3 aromatic carbocycles. The van der Waals surface area contributed by atoms with Gasteiger partial charge in [-0.3, -0.25) is 9.59 Å². The summed E-state index contributed by atoms with van der Waals surface area (Å²) in [6.07, 6.45) is 0.521. The highest BCUT2D eigenvalue weighted by molar-refractivity contribution is 7.90. The first kappa shape index (κ1) is 31.4. The van der Waals surface area contributed by atoms with Gasteiger partial charge in [0.2, 0.25) is 5.91 Å². The lowest BCUT2D eigenvalue weighted by atomic mass is 9.89. The van der Waals surface area contributed by atoms with E-state index in [-0.39, 0.29) is 46.4 Å². The van der Waals surface area contributed by atoms with Crippen LogP contribution in [0.15, 0.2) is 71.6 Å². The Morgan fingerprint density at radius 2 is 1.47 bits per heavy atom. The molecule has 11 heteroatoms. The molecule has 0 aliphatic rings. The smallest absolute Gasteiger partial charge is 0.224 e. The van der Waals surface area contributed by atoms with Gasteiger partial charge in [-0.2, -0.15) is 0 Å². The van der Waals surface area contributed by atoms with Crippen LogP contribution in [0.2, 0.25) is 0 Å². The van der Waals surface area contributed by atoms with Crippen LogP contribution in [0.1, 0.15) is 45.7 Å². The monoisotopic (exact) mass is 604 g/mol. The Balaban J connectivity index is 1.57. The number of hydrogen-bond acceptors (Lipinski definition) is 9. The topological polar surface area (TPSA) is 137 Å². The number of anilines is 3. The van der Waals surface area contributed by atoms with E-state index in [1.54, 1.807) is 48.5 Å². The largest absolute Gasteiger partial charge is 0.497 e. The van der Waals surface area contributed by atoms with Crippen molar-refractivity contribution >= 4 is 49.8 Å². The number of hydrogen-bond donors (Lipinski definition) is 2. The van der Waals surface area contributed by atoms with Gasteiger partial charge in [0.05, 0.1) is 35.8 Å². The maximum absolute atomic E-state index is 13.6. The zero-order valence-electron chi connectivity index (χ0n) is 24.9. The number of nitrogens with zero attached hydrogens (tertiary/aromatic N) is 2. The minimum absolute atomic E-state index is 0.00674. The van der Waals surface area contributed by atoms with Crippen LogP contribution in [-0.2, 0) is 25.2 Å². The highest BCUT2D eigenvalue weighted by Gasteiger charge is 2.22. The second-order valence-corrected chi connectivity index (χ2v) is 13.3. The lowest BCUT2D eigenvalue weighted by Gasteiger charge is -2.16. The number of benzene rings is 3. The number of Topliss-reactive ketones (excluding diaryl/α,β-unsaturated/α-hetero) is 1. The SMILES string of the molecule is COc1cc(Nc2nc3ccccc3nc2CS(=O)(=O)c2cccc(NC(=O)CCC(=O)CC(C)(C)C)c2)cc(OC)c1. The van der Waals surface area contributed by atoms with Gasteiger partial charge < -0.3 is 20.1 Å². The van der Waals surface area contributed by atoms with Gasteiger partial charge in [0.15, 0.2) is 15.7 Å². The Morgan fingerprint density at radius 1 is 0.814 bits per heavy atom. The van der Waals surface area contributed by atoms with Crippen molar-refractivity contribution in [1.82, 2.24) is 9.97 Å². The standard InChI is InChI=1S/C32H36N4O6S/c1-32(2,3)19-23(37)13-14-30(38)33-21-9-8-10-26(17-21)43(39,40)20-29-31(36-28-12-7-6-11-27(28)35-29)34-22-15-24(41-4)18-25(16-22)42-5/h6-12,15-18H,13-14,19-20H2,1-5H3,(H,33,38)(H,34,36). The van der Waals surface area contributed by atoms with E-state index >= 15 is 0 Å². The average Bonchev–Trinajstić information content (AvgIpc) is 2.95. The molecule has 0 aliphatic heterocycles. The Hall–Kier alpha value is -4.51. The van der Waals surface area contributed by atoms with E-state index < -0.39 is 15.6 Å². The first-order valence-corrected chi connectivity index (χ1v) is 15.4. The van der Waals surface area contributed by atoms with Crippen LogP contribution in [0.3, 0.4) is 0 Å². The van der Waals surface area contributed by atoms with E-state index in [0.29, 0.717) is 40.3 Å². The molecule has 1 aromatic heterocycles. The molecule has 0 atom stereocenters. The maximum Gasteiger partial charge on any atom is 0.224 e. The van der Waals surface area contributed by atoms with E-state index in [1.807, 2.05) is 26.8 Å². The summed E-state index contributed by atoms with van der Waals surface area (Å²) in [4.78, 5) is 34.0. The molecule has 0 bridgehead atoms. The third-order valence-corrected chi connectivity index (χ3v) is 8.04. The number of carbonyl (C=O) groups is 2. The molecule has 4 aromatic rings. The molecule has 0 saturated heterocycles. The highest BCUT2D eigenvalue weighted by atomic mass is 32.2. The molecule has 0 saturated carbocycles. The second-order valence-electron chi connectivity index (χ2n) is 11.3. The van der Waals surface area contributed by atoms with Crippen molar-refractivity contribution in [2.75, 3.05) is 24.9 Å². The molecule has 226 valence electrons. The number of aromatic nitrogens is 2. The molecule has 0 fully saturated rings. The molecule has 4 rings (SSSR count). The van der Waals surface area contributed by atoms with Gasteiger partial charge in [-0.1, -0.05) is 39.0 Å². The van der Waals surface area contributed by atoms with Gasteiger partial charge in [0.25, 0.3) is 0 Å². The zero-order valence-corrected chi connectivity index (χ0v) is 25.7. The average molecular weight is 605 g/mol. The van der Waals surface area contributed by atoms with Crippen molar-refractivity contribution < 1.29 is 27.5 Å². The zero-order chi connectivity index (χ0) is 31.2. The van der Waals surface area contributed by atoms with E-state index in [9.17, 15) is 18.0 Å². The summed E-state index contributed by atoms with van der Waals surface area (Å²) in [5.41, 5.74) is 2.09. The number of fused-ring (bicyclic) bond motifs is 1. The van der Waals surface area contributed by atoms with Crippen molar-refractivity contribution in [2.24, 2.45) is 5.41 Å². The van der Waals surface area contributed by atoms with Crippen molar-refractivity contribution in [3.8, 4) is 11.5 Å². The van der Waals surface area contributed by atoms with Crippen LogP contribution in [0.25, 0.3) is 11.0 Å². The summed E-state index contributed by atoms with van der Waals surface area (Å²) < 4.78 is 38.0. The molecule has 1 heterocycles. The number of nitrogens with one attached hydrogen (secondary N) is 2. The molecule has 0 aliphatic carbocycles. The third kappa shape index (κ3) is 8.74. The molecule has 0 unspecified atom stereocenters. The van der Waals surface area contributed by atoms with Crippen molar-refractivity contribution in [2.45, 2.75) is 50.7 Å². The number of rotatable bonds is 12. The fraction of sp³-hybridized carbons (Fsp3) is 0.312. The second kappa shape index (κ2) is 13.2. The first-order chi connectivity index (χ1) is 20.3. The van der Waals surface area contributed by atoms with E-state index in [2.05, 4.69) is 20.6 Å². The first-order valence-electron chi connectivity index (χ1n) is 13.8. The van der Waals surface area contributed by atoms with Crippen molar-refractivity contribution in [1.29, 1.82) is 0 Å². The number of amides is 1. The minimum atomic E-state index is -3.92. The molecule has 2 N–H and O–H groups in total. The van der Waals surface area contributed by atoms with E-state index in [4.69, 9.17) is 9.47 Å². The number of sulfone groups is 1. The summed E-state index contributed by atoms with van der Waals surface area (Å²) in [7, 11) is -0.850. The number of para-hydroxylation sites is 2. The normalized spacial score (nSPS) is 11.7. The quantitative estimate of drug-likeness (QED) is 0.197. The Bertz CT molecular complexity index is 1730. The minimum Gasteiger partial charge on any atom is -0.497 e. The van der Waals surface area contributed by atoms with Gasteiger partial charge in [0, 0.05) is 48.8 Å². The molecule has 43 heavy (non-hydrogen) atoms. The van der Waals surface area contributed by atoms with Gasteiger partial charge in [0.1, 0.15) is 23.0 Å². The predicted octanol–water partition coefficient (Wildman–Crippen LogP) is 6.09. The Kier molecular flexibility index (Phi) is 9.65. The van der Waals surface area contributed by atoms with Crippen LogP contribution >= 0.6 is 0 Å². The van der Waals surface area contributed by atoms with Crippen LogP contribution in [0.4, 0.5) is 17.2 Å². The fourth-order valence-electron chi connectivity index (χ4n) is 4.44. The summed E-state index contributed by atoms with van der Waals surface area (Å²) in [6.45, 7) is 5.90. The van der Waals surface area contributed by atoms with Gasteiger partial charge in [-0.25, -0.2) is 18.4 Å². The maximum atomic E-state index is 13.6. The summed E-state index contributed by atoms with van der Waals surface area (Å²) in [6, 6.07) is 18.4. The molecule has 0 spiro atoms. The van der Waals surface area contributed by atoms with Gasteiger partial charge in [-0.15, -0.1) is 0 Å². The van der Waals surface area contributed by atoms with Gasteiger partial charge in [-0.05, 0) is 35.7 Å². The lowest BCUT2D eigenvalue weighted by molar-refractivity contribution is -0.124. The Morgan fingerprint density at radius 3 is 2.09 bits per heavy atom. The summed E-state index contributed by atoms with van der Waals surface area (Å²) in [5.74, 6) is 0.545. The van der Waals surface area contributed by atoms with Crippen LogP contribution in [0.5, 0.6) is 11.5 Å². The van der Waals surface area contributed by atoms with Gasteiger partial charge >= 0.3 is 0 Å². The van der Waals surface area contributed by atoms with Crippen LogP contribution in [0, 0.1) is 5.41 Å². The van der Waals surface area contributed by atoms with E-state index in [1.165, 1.54) is 26.4 Å². The molecular weight excluding hydrogens is 568 g/mol. The highest BCUT2D eigenvalue weighted by Crippen LogP contribution is 2.30. The van der Waals surface area contributed by atoms with Crippen molar-refractivity contribution in [3.63, 3.8) is 0 Å². The fourth-order valence-corrected chi connectivity index (χ4v) is 5.76. The molecule has 1 amide bonds. The van der Waals surface area contributed by atoms with Crippen LogP contribution in [-0.4, -0.2) is 44.3 Å². The molecule has 0 radical (unpaired) electrons. The summed E-state index contributed by atoms with van der Waals surface area (Å²) >= 11 is 0.